The number of fused-ring (bicyclic) bond motifs is 1. The van der Waals surface area contributed by atoms with Crippen molar-refractivity contribution in [3.63, 3.8) is 0 Å². The summed E-state index contributed by atoms with van der Waals surface area (Å²) in [5.41, 5.74) is 0. The number of ether oxygens (including phenoxy) is 2. The van der Waals surface area contributed by atoms with Crippen LogP contribution in [0, 0.1) is 0 Å². The Morgan fingerprint density at radius 2 is 2.18 bits per heavy atom. The van der Waals surface area contributed by atoms with E-state index in [9.17, 15) is 4.79 Å². The van der Waals surface area contributed by atoms with E-state index in [2.05, 4.69) is 20.6 Å². The molecule has 2 aromatic heterocycles. The maximum atomic E-state index is 11.8. The molecule has 3 rings (SSSR count). The number of carbonyl (C=O) groups excluding carboxylic acids is 1. The summed E-state index contributed by atoms with van der Waals surface area (Å²) in [5, 5.41) is 15.3. The molecular weight excluding hydrogens is 306 g/mol. The average molecular weight is 319 g/mol. The monoisotopic (exact) mass is 319 g/mol. The zero-order valence-corrected chi connectivity index (χ0v) is 12.5. The molecule has 0 bridgehead atoms. The molecule has 0 aliphatic heterocycles. The molecule has 0 saturated carbocycles. The van der Waals surface area contributed by atoms with Crippen molar-refractivity contribution in [2.24, 2.45) is 0 Å². The maximum Gasteiger partial charge on any atom is 0.258 e. The Morgan fingerprint density at radius 1 is 1.36 bits per heavy atom. The molecule has 0 aliphatic rings. The summed E-state index contributed by atoms with van der Waals surface area (Å²) in [7, 11) is 1.55. The molecule has 3 aromatic rings. The van der Waals surface area contributed by atoms with Gasteiger partial charge in [0.15, 0.2) is 18.1 Å². The maximum absolute atomic E-state index is 11.8. The second kappa shape index (κ2) is 6.39. The number of nitrogens with one attached hydrogen (secondary N) is 1. The van der Waals surface area contributed by atoms with Crippen LogP contribution in [0.25, 0.3) is 4.96 Å². The fraction of sp³-hybridized carbons (Fsp3) is 0.231. The van der Waals surface area contributed by atoms with Crippen molar-refractivity contribution >= 4 is 22.2 Å². The number of methoxy groups -OCH3 is 1. The number of amides is 1. The van der Waals surface area contributed by atoms with Gasteiger partial charge in [0, 0.05) is 0 Å². The zero-order valence-electron chi connectivity index (χ0n) is 11.7. The molecule has 0 atom stereocenters. The number of para-hydroxylation sites is 2. The Morgan fingerprint density at radius 3 is 2.95 bits per heavy atom. The van der Waals surface area contributed by atoms with Crippen molar-refractivity contribution in [3.05, 3.63) is 35.6 Å². The molecule has 0 aliphatic carbocycles. The molecule has 0 unspecified atom stereocenters. The molecular formula is C13H13N5O3S. The summed E-state index contributed by atoms with van der Waals surface area (Å²) in [4.78, 5) is 12.5. The van der Waals surface area contributed by atoms with Crippen LogP contribution in [0.1, 0.15) is 5.01 Å². The van der Waals surface area contributed by atoms with Gasteiger partial charge in [-0.3, -0.25) is 4.79 Å². The number of hydrogen-bond acceptors (Lipinski definition) is 7. The molecule has 114 valence electrons. The van der Waals surface area contributed by atoms with Crippen LogP contribution in [0.15, 0.2) is 30.6 Å². The third-order valence-electron chi connectivity index (χ3n) is 2.79. The molecule has 8 nitrogen and oxygen atoms in total. The van der Waals surface area contributed by atoms with E-state index in [1.807, 2.05) is 12.1 Å². The molecule has 1 amide bonds. The van der Waals surface area contributed by atoms with E-state index in [1.54, 1.807) is 23.8 Å². The van der Waals surface area contributed by atoms with Crippen LogP contribution in [0.2, 0.25) is 0 Å². The Hall–Kier alpha value is -2.68. The van der Waals surface area contributed by atoms with Crippen LogP contribution < -0.4 is 14.8 Å². The number of rotatable bonds is 6. The van der Waals surface area contributed by atoms with Crippen LogP contribution in [0.3, 0.4) is 0 Å². The second-order valence-corrected chi connectivity index (χ2v) is 5.31. The fourth-order valence-electron chi connectivity index (χ4n) is 1.78. The smallest absolute Gasteiger partial charge is 0.258 e. The number of benzene rings is 1. The van der Waals surface area contributed by atoms with Crippen molar-refractivity contribution in [1.82, 2.24) is 25.1 Å². The molecule has 0 spiro atoms. The number of carbonyl (C=O) groups is 1. The number of nitrogens with zero attached hydrogens (tertiary/aromatic N) is 4. The van der Waals surface area contributed by atoms with Crippen molar-refractivity contribution in [3.8, 4) is 11.5 Å². The highest BCUT2D eigenvalue weighted by Crippen LogP contribution is 2.25. The SMILES string of the molecule is COc1ccccc1OCC(=O)NCc1nn2cnnc2s1. The van der Waals surface area contributed by atoms with Crippen molar-refractivity contribution in [1.29, 1.82) is 0 Å². The predicted molar refractivity (Wildman–Crippen MR) is 79.0 cm³/mol. The first-order chi connectivity index (χ1) is 10.8. The summed E-state index contributed by atoms with van der Waals surface area (Å²) in [6, 6.07) is 7.16. The van der Waals surface area contributed by atoms with Gasteiger partial charge in [0.05, 0.1) is 13.7 Å². The highest BCUT2D eigenvalue weighted by atomic mass is 32.1. The third-order valence-corrected chi connectivity index (χ3v) is 3.71. The van der Waals surface area contributed by atoms with E-state index in [0.717, 1.165) is 5.01 Å². The first kappa shape index (κ1) is 14.3. The van der Waals surface area contributed by atoms with E-state index >= 15 is 0 Å². The molecule has 22 heavy (non-hydrogen) atoms. The first-order valence-corrected chi connectivity index (χ1v) is 7.26. The van der Waals surface area contributed by atoms with Gasteiger partial charge in [-0.2, -0.15) is 9.61 Å². The lowest BCUT2D eigenvalue weighted by molar-refractivity contribution is -0.123. The zero-order chi connectivity index (χ0) is 15.4. The summed E-state index contributed by atoms with van der Waals surface area (Å²) < 4.78 is 12.2. The van der Waals surface area contributed by atoms with Crippen molar-refractivity contribution in [2.45, 2.75) is 6.54 Å². The van der Waals surface area contributed by atoms with E-state index in [1.165, 1.54) is 17.7 Å². The number of aromatic nitrogens is 4. The first-order valence-electron chi connectivity index (χ1n) is 6.44. The summed E-state index contributed by atoms with van der Waals surface area (Å²) in [6.45, 7) is 0.229. The van der Waals surface area contributed by atoms with E-state index < -0.39 is 0 Å². The fourth-order valence-corrected chi connectivity index (χ4v) is 2.53. The summed E-state index contributed by atoms with van der Waals surface area (Å²) in [6.07, 6.45) is 1.52. The molecule has 9 heteroatoms. The van der Waals surface area contributed by atoms with Crippen LogP contribution in [0.5, 0.6) is 11.5 Å². The molecule has 2 heterocycles. The highest BCUT2D eigenvalue weighted by Gasteiger charge is 2.09. The minimum Gasteiger partial charge on any atom is -0.493 e. The van der Waals surface area contributed by atoms with Gasteiger partial charge < -0.3 is 14.8 Å². The predicted octanol–water partition coefficient (Wildman–Crippen LogP) is 0.890. The van der Waals surface area contributed by atoms with Gasteiger partial charge in [0.2, 0.25) is 4.96 Å². The van der Waals surface area contributed by atoms with Crippen LogP contribution in [-0.4, -0.2) is 39.4 Å². The molecule has 1 N–H and O–H groups in total. The summed E-state index contributed by atoms with van der Waals surface area (Å²) >= 11 is 1.37. The lowest BCUT2D eigenvalue weighted by Gasteiger charge is -2.09. The molecule has 1 aromatic carbocycles. The Balaban J connectivity index is 1.51. The quantitative estimate of drug-likeness (QED) is 0.725. The molecule has 0 saturated heterocycles. The van der Waals surface area contributed by atoms with Gasteiger partial charge in [0.25, 0.3) is 5.91 Å². The Labute approximate surface area is 129 Å². The van der Waals surface area contributed by atoms with E-state index in [0.29, 0.717) is 23.0 Å². The lowest BCUT2D eigenvalue weighted by Crippen LogP contribution is -2.28. The van der Waals surface area contributed by atoms with E-state index in [4.69, 9.17) is 9.47 Å². The topological polar surface area (TPSA) is 90.6 Å². The standard InChI is InChI=1S/C13H13N5O3S/c1-20-9-4-2-3-5-10(9)21-7-11(19)14-6-12-17-18-8-15-16-13(18)22-12/h2-5,8H,6-7H2,1H3,(H,14,19). The highest BCUT2D eigenvalue weighted by molar-refractivity contribution is 7.16. The number of hydrogen-bond donors (Lipinski definition) is 1. The van der Waals surface area contributed by atoms with Gasteiger partial charge in [-0.15, -0.1) is 10.2 Å². The minimum absolute atomic E-state index is 0.0928. The Kier molecular flexibility index (Phi) is 4.15. The summed E-state index contributed by atoms with van der Waals surface area (Å²) in [5.74, 6) is 0.875. The van der Waals surface area contributed by atoms with Gasteiger partial charge in [-0.1, -0.05) is 23.5 Å². The third kappa shape index (κ3) is 3.14. The van der Waals surface area contributed by atoms with Gasteiger partial charge in [-0.05, 0) is 12.1 Å². The van der Waals surface area contributed by atoms with Crippen molar-refractivity contribution in [2.75, 3.05) is 13.7 Å². The lowest BCUT2D eigenvalue weighted by atomic mass is 10.3. The molecule has 0 radical (unpaired) electrons. The normalized spacial score (nSPS) is 10.6. The van der Waals surface area contributed by atoms with Gasteiger partial charge in [0.1, 0.15) is 11.3 Å². The Bertz CT molecular complexity index is 756. The average Bonchev–Trinajstić information content (AvgIpc) is 3.12. The largest absolute Gasteiger partial charge is 0.493 e. The molecule has 0 fully saturated rings. The minimum atomic E-state index is -0.239. The second-order valence-electron chi connectivity index (χ2n) is 4.27. The van der Waals surface area contributed by atoms with Gasteiger partial charge in [-0.25, -0.2) is 0 Å². The van der Waals surface area contributed by atoms with Crippen LogP contribution in [0.4, 0.5) is 0 Å². The van der Waals surface area contributed by atoms with Crippen LogP contribution in [-0.2, 0) is 11.3 Å². The van der Waals surface area contributed by atoms with Crippen molar-refractivity contribution < 1.29 is 14.3 Å². The van der Waals surface area contributed by atoms with Crippen LogP contribution >= 0.6 is 11.3 Å². The van der Waals surface area contributed by atoms with Gasteiger partial charge >= 0.3 is 0 Å². The van der Waals surface area contributed by atoms with E-state index in [-0.39, 0.29) is 12.5 Å².